The molecular weight excluding hydrogens is 142 g/mol. The molecule has 0 aromatic rings. The van der Waals surface area contributed by atoms with Crippen molar-refractivity contribution in [3.63, 3.8) is 0 Å². The van der Waals surface area contributed by atoms with Gasteiger partial charge in [-0.15, -0.1) is 0 Å². The second-order valence-electron chi connectivity index (χ2n) is 2.72. The Kier molecular flexibility index (Phi) is 5.46. The van der Waals surface area contributed by atoms with Gasteiger partial charge in [0, 0.05) is 19.8 Å². The number of hydrogen-bond donors (Lipinski definition) is 1. The van der Waals surface area contributed by atoms with E-state index in [-0.39, 0.29) is 5.60 Å². The third-order valence-electron chi connectivity index (χ3n) is 1.54. The fraction of sp³-hybridized carbons (Fsp3) is 1.00. The van der Waals surface area contributed by atoms with Crippen LogP contribution >= 0.6 is 0 Å². The highest BCUT2D eigenvalue weighted by Crippen LogP contribution is 2.08. The van der Waals surface area contributed by atoms with Crippen LogP contribution in [-0.4, -0.2) is 32.0 Å². The third-order valence-corrected chi connectivity index (χ3v) is 1.54. The first-order valence-corrected chi connectivity index (χ1v) is 4.10. The fourth-order valence-corrected chi connectivity index (χ4v) is 0.826. The zero-order valence-corrected chi connectivity index (χ0v) is 7.72. The monoisotopic (exact) mass is 161 g/mol. The fourth-order valence-electron chi connectivity index (χ4n) is 0.826. The first kappa shape index (κ1) is 10.9. The molecule has 1 atom stereocenters. The van der Waals surface area contributed by atoms with E-state index in [9.17, 15) is 0 Å². The van der Waals surface area contributed by atoms with Gasteiger partial charge in [0.05, 0.1) is 6.61 Å². The standard InChI is InChI=1S/C8H19NO2/c1-4-10-7-8(3,6-9)11-5-2/h4-7,9H2,1-3H3. The zero-order valence-electron chi connectivity index (χ0n) is 7.72. The first-order valence-electron chi connectivity index (χ1n) is 4.10. The Bertz CT molecular complexity index is 98.1. The molecule has 0 aliphatic rings. The van der Waals surface area contributed by atoms with Crippen LogP contribution in [0.15, 0.2) is 0 Å². The van der Waals surface area contributed by atoms with Crippen LogP contribution in [0.25, 0.3) is 0 Å². The van der Waals surface area contributed by atoms with Crippen molar-refractivity contribution in [1.82, 2.24) is 0 Å². The maximum atomic E-state index is 5.53. The molecule has 11 heavy (non-hydrogen) atoms. The Morgan fingerprint density at radius 1 is 1.27 bits per heavy atom. The predicted molar refractivity (Wildman–Crippen MR) is 45.6 cm³/mol. The summed E-state index contributed by atoms with van der Waals surface area (Å²) < 4.78 is 10.7. The Morgan fingerprint density at radius 3 is 2.27 bits per heavy atom. The summed E-state index contributed by atoms with van der Waals surface area (Å²) in [7, 11) is 0. The van der Waals surface area contributed by atoms with E-state index in [1.165, 1.54) is 0 Å². The molecule has 0 saturated carbocycles. The van der Waals surface area contributed by atoms with Crippen molar-refractivity contribution in [1.29, 1.82) is 0 Å². The lowest BCUT2D eigenvalue weighted by atomic mass is 10.1. The third kappa shape index (κ3) is 4.35. The molecule has 0 aliphatic heterocycles. The highest BCUT2D eigenvalue weighted by atomic mass is 16.5. The topological polar surface area (TPSA) is 44.5 Å². The molecule has 68 valence electrons. The van der Waals surface area contributed by atoms with Gasteiger partial charge in [0.15, 0.2) is 0 Å². The smallest absolute Gasteiger partial charge is 0.101 e. The minimum absolute atomic E-state index is 0.301. The molecule has 3 heteroatoms. The minimum atomic E-state index is -0.301. The van der Waals surface area contributed by atoms with Crippen LogP contribution in [0.5, 0.6) is 0 Å². The molecule has 0 spiro atoms. The Balaban J connectivity index is 3.68. The zero-order chi connectivity index (χ0) is 8.74. The minimum Gasteiger partial charge on any atom is -0.379 e. The van der Waals surface area contributed by atoms with E-state index in [1.54, 1.807) is 0 Å². The number of nitrogens with two attached hydrogens (primary N) is 1. The van der Waals surface area contributed by atoms with Crippen molar-refractivity contribution in [2.24, 2.45) is 5.73 Å². The highest BCUT2D eigenvalue weighted by Gasteiger charge is 2.22. The van der Waals surface area contributed by atoms with Gasteiger partial charge in [-0.05, 0) is 20.8 Å². The number of rotatable bonds is 6. The van der Waals surface area contributed by atoms with Crippen LogP contribution in [0.4, 0.5) is 0 Å². The summed E-state index contributed by atoms with van der Waals surface area (Å²) in [6.45, 7) is 8.35. The molecule has 0 aliphatic carbocycles. The average molecular weight is 161 g/mol. The van der Waals surface area contributed by atoms with Crippen molar-refractivity contribution in [3.05, 3.63) is 0 Å². The summed E-state index contributed by atoms with van der Waals surface area (Å²) >= 11 is 0. The van der Waals surface area contributed by atoms with E-state index in [0.717, 1.165) is 0 Å². The van der Waals surface area contributed by atoms with Crippen LogP contribution in [0.1, 0.15) is 20.8 Å². The lowest BCUT2D eigenvalue weighted by Crippen LogP contribution is -2.42. The molecular formula is C8H19NO2. The molecule has 1 unspecified atom stereocenters. The van der Waals surface area contributed by atoms with Gasteiger partial charge in [-0.3, -0.25) is 0 Å². The van der Waals surface area contributed by atoms with E-state index in [4.69, 9.17) is 15.2 Å². The van der Waals surface area contributed by atoms with Gasteiger partial charge >= 0.3 is 0 Å². The van der Waals surface area contributed by atoms with E-state index in [2.05, 4.69) is 0 Å². The van der Waals surface area contributed by atoms with Gasteiger partial charge in [-0.1, -0.05) is 0 Å². The van der Waals surface area contributed by atoms with Crippen molar-refractivity contribution in [2.45, 2.75) is 26.4 Å². The molecule has 0 fully saturated rings. The lowest BCUT2D eigenvalue weighted by molar-refractivity contribution is -0.0741. The maximum Gasteiger partial charge on any atom is 0.101 e. The Morgan fingerprint density at radius 2 is 1.91 bits per heavy atom. The van der Waals surface area contributed by atoms with Gasteiger partial charge in [0.25, 0.3) is 0 Å². The summed E-state index contributed by atoms with van der Waals surface area (Å²) in [4.78, 5) is 0. The van der Waals surface area contributed by atoms with E-state index in [1.807, 2.05) is 20.8 Å². The Labute approximate surface area is 68.9 Å². The summed E-state index contributed by atoms with van der Waals surface area (Å²) in [6, 6.07) is 0. The van der Waals surface area contributed by atoms with Gasteiger partial charge in [0.1, 0.15) is 5.60 Å². The van der Waals surface area contributed by atoms with E-state index in [0.29, 0.717) is 26.4 Å². The highest BCUT2D eigenvalue weighted by molar-refractivity contribution is 4.75. The quantitative estimate of drug-likeness (QED) is 0.626. The normalized spacial score (nSPS) is 16.4. The van der Waals surface area contributed by atoms with Crippen molar-refractivity contribution in [3.8, 4) is 0 Å². The Hall–Kier alpha value is -0.120. The number of ether oxygens (including phenoxy) is 2. The summed E-state index contributed by atoms with van der Waals surface area (Å²) in [5.41, 5.74) is 5.23. The largest absolute Gasteiger partial charge is 0.379 e. The van der Waals surface area contributed by atoms with Crippen molar-refractivity contribution < 1.29 is 9.47 Å². The summed E-state index contributed by atoms with van der Waals surface area (Å²) in [6.07, 6.45) is 0. The predicted octanol–water partition coefficient (Wildman–Crippen LogP) is 0.777. The average Bonchev–Trinajstić information content (AvgIpc) is 2.02. The van der Waals surface area contributed by atoms with Gasteiger partial charge in [0.2, 0.25) is 0 Å². The van der Waals surface area contributed by atoms with E-state index >= 15 is 0 Å². The maximum absolute atomic E-state index is 5.53. The summed E-state index contributed by atoms with van der Waals surface area (Å²) in [5.74, 6) is 0. The molecule has 0 bridgehead atoms. The lowest BCUT2D eigenvalue weighted by Gasteiger charge is -2.27. The molecule has 0 aromatic heterocycles. The SMILES string of the molecule is CCOCC(C)(CN)OCC. The van der Waals surface area contributed by atoms with Gasteiger partial charge in [-0.25, -0.2) is 0 Å². The van der Waals surface area contributed by atoms with E-state index < -0.39 is 0 Å². The molecule has 0 aromatic carbocycles. The van der Waals surface area contributed by atoms with Crippen LogP contribution in [-0.2, 0) is 9.47 Å². The number of hydrogen-bond acceptors (Lipinski definition) is 3. The van der Waals surface area contributed by atoms with Gasteiger partial charge < -0.3 is 15.2 Å². The van der Waals surface area contributed by atoms with Gasteiger partial charge in [-0.2, -0.15) is 0 Å². The first-order chi connectivity index (χ1) is 5.18. The second-order valence-corrected chi connectivity index (χ2v) is 2.72. The van der Waals surface area contributed by atoms with Crippen LogP contribution in [0, 0.1) is 0 Å². The molecule has 0 saturated heterocycles. The molecule has 0 radical (unpaired) electrons. The van der Waals surface area contributed by atoms with Crippen LogP contribution in [0.2, 0.25) is 0 Å². The van der Waals surface area contributed by atoms with Crippen LogP contribution < -0.4 is 5.73 Å². The second kappa shape index (κ2) is 5.52. The molecule has 2 N–H and O–H groups in total. The van der Waals surface area contributed by atoms with Crippen LogP contribution in [0.3, 0.4) is 0 Å². The molecule has 3 nitrogen and oxygen atoms in total. The molecule has 0 amide bonds. The van der Waals surface area contributed by atoms with Crippen molar-refractivity contribution in [2.75, 3.05) is 26.4 Å². The summed E-state index contributed by atoms with van der Waals surface area (Å²) in [5, 5.41) is 0. The molecule has 0 rings (SSSR count). The van der Waals surface area contributed by atoms with Crippen molar-refractivity contribution >= 4 is 0 Å². The molecule has 0 heterocycles.